The van der Waals surface area contributed by atoms with Crippen molar-refractivity contribution in [1.29, 1.82) is 0 Å². The molecule has 2 rings (SSSR count). The Morgan fingerprint density at radius 1 is 1.00 bits per heavy atom. The molecule has 46 valence electrons. The van der Waals surface area contributed by atoms with E-state index in [0.29, 0.717) is 0 Å². The lowest BCUT2D eigenvalue weighted by Crippen LogP contribution is -1.62. The van der Waals surface area contributed by atoms with Crippen molar-refractivity contribution in [3.8, 4) is 0 Å². The average molecular weight is 172 g/mol. The van der Waals surface area contributed by atoms with E-state index in [-0.39, 0.29) is 0 Å². The lowest BCUT2D eigenvalue weighted by atomic mass is 10.4. The predicted molar refractivity (Wildman–Crippen MR) is 47.5 cm³/mol. The van der Waals surface area contributed by atoms with Gasteiger partial charge in [0, 0.05) is 19.2 Å². The molecule has 0 saturated carbocycles. The highest BCUT2D eigenvalue weighted by Gasteiger charge is 2.06. The molecule has 0 aliphatic carbocycles. The number of thiol groups is 2. The molecule has 9 heavy (non-hydrogen) atoms. The van der Waals surface area contributed by atoms with Gasteiger partial charge in [-0.05, 0) is 12.1 Å². The normalized spacial score (nSPS) is 11.3. The van der Waals surface area contributed by atoms with Crippen LogP contribution in [0.5, 0.6) is 0 Å². The maximum atomic E-state index is 4.27. The van der Waals surface area contributed by atoms with Crippen molar-refractivity contribution >= 4 is 46.0 Å². The van der Waals surface area contributed by atoms with Gasteiger partial charge in [-0.3, -0.25) is 0 Å². The Labute approximate surface area is 68.0 Å². The van der Waals surface area contributed by atoms with Gasteiger partial charge in [0.05, 0.1) is 0 Å². The predicted octanol–water partition coefficient (Wildman–Crippen LogP) is 2.92. The van der Waals surface area contributed by atoms with Gasteiger partial charge in [-0.25, -0.2) is 0 Å². The van der Waals surface area contributed by atoms with Crippen LogP contribution in [-0.4, -0.2) is 0 Å². The van der Waals surface area contributed by atoms with Crippen LogP contribution in [0.25, 0.3) is 9.40 Å². The zero-order valence-electron chi connectivity index (χ0n) is 4.46. The van der Waals surface area contributed by atoms with E-state index in [2.05, 4.69) is 37.4 Å². The summed E-state index contributed by atoms with van der Waals surface area (Å²) in [7, 11) is 0. The van der Waals surface area contributed by atoms with Crippen molar-refractivity contribution in [3.63, 3.8) is 0 Å². The van der Waals surface area contributed by atoms with Crippen LogP contribution in [-0.2, 0) is 0 Å². The molecule has 2 bridgehead atoms. The molecule has 0 nitrogen and oxygen atoms in total. The molecule has 2 aromatic heterocycles. The summed E-state index contributed by atoms with van der Waals surface area (Å²) in [5, 5.41) is 0. The second-order valence-electron chi connectivity index (χ2n) is 1.86. The third-order valence-electron chi connectivity index (χ3n) is 1.30. The number of thiophene rings is 2. The fraction of sp³-hybridized carbons (Fsp3) is 0. The molecule has 0 N–H and O–H groups in total. The zero-order valence-corrected chi connectivity index (χ0v) is 7.06. The highest BCUT2D eigenvalue weighted by atomic mass is 32.1. The molecule has 2 aromatic rings. The van der Waals surface area contributed by atoms with E-state index in [0.717, 1.165) is 9.79 Å². The van der Waals surface area contributed by atoms with Crippen LogP contribution >= 0.6 is 36.6 Å². The second-order valence-corrected chi connectivity index (χ2v) is 3.84. The highest BCUT2D eigenvalue weighted by molar-refractivity contribution is 7.84. The summed E-state index contributed by atoms with van der Waals surface area (Å²) in [6.45, 7) is 0. The number of fused-ring (bicyclic) bond motifs is 2. The quantitative estimate of drug-likeness (QED) is 0.561. The van der Waals surface area contributed by atoms with Crippen molar-refractivity contribution in [3.05, 3.63) is 12.1 Å². The monoisotopic (exact) mass is 172 g/mol. The first-order valence-corrected chi connectivity index (χ1v) is 4.23. The van der Waals surface area contributed by atoms with Crippen LogP contribution in [0.1, 0.15) is 0 Å². The summed E-state index contributed by atoms with van der Waals surface area (Å²) in [4.78, 5) is 2.06. The SMILES string of the molecule is Sc1c(S)c2ccc1s2. The van der Waals surface area contributed by atoms with Gasteiger partial charge in [0.2, 0.25) is 0 Å². The maximum absolute atomic E-state index is 4.27. The minimum absolute atomic E-state index is 1.03. The van der Waals surface area contributed by atoms with Gasteiger partial charge in [-0.2, -0.15) is 0 Å². The molecule has 0 unspecified atom stereocenters. The molecule has 0 aliphatic heterocycles. The molecular weight excluding hydrogens is 168 g/mol. The molecule has 0 aliphatic rings. The molecule has 0 fully saturated rings. The van der Waals surface area contributed by atoms with Crippen molar-refractivity contribution in [2.75, 3.05) is 0 Å². The molecule has 2 heterocycles. The highest BCUT2D eigenvalue weighted by Crippen LogP contribution is 2.38. The maximum Gasteiger partial charge on any atom is 0.0422 e. The van der Waals surface area contributed by atoms with Gasteiger partial charge in [-0.15, -0.1) is 36.6 Å². The first-order chi connectivity index (χ1) is 4.29. The third kappa shape index (κ3) is 0.687. The first-order valence-electron chi connectivity index (χ1n) is 2.52. The van der Waals surface area contributed by atoms with Crippen molar-refractivity contribution in [1.82, 2.24) is 0 Å². The van der Waals surface area contributed by atoms with E-state index in [9.17, 15) is 0 Å². The summed E-state index contributed by atoms with van der Waals surface area (Å²) >= 11 is 10.3. The summed E-state index contributed by atoms with van der Waals surface area (Å²) < 4.78 is 2.47. The van der Waals surface area contributed by atoms with Gasteiger partial charge in [-0.1, -0.05) is 0 Å². The largest absolute Gasteiger partial charge is 0.141 e. The van der Waals surface area contributed by atoms with Crippen LogP contribution in [0.4, 0.5) is 0 Å². The minimum Gasteiger partial charge on any atom is -0.141 e. The number of rotatable bonds is 0. The molecule has 0 radical (unpaired) electrons. The minimum atomic E-state index is 1.03. The van der Waals surface area contributed by atoms with E-state index in [1.54, 1.807) is 11.3 Å². The van der Waals surface area contributed by atoms with Crippen molar-refractivity contribution in [2.24, 2.45) is 0 Å². The number of benzene rings is 1. The fourth-order valence-electron chi connectivity index (χ4n) is 0.826. The van der Waals surface area contributed by atoms with Crippen molar-refractivity contribution < 1.29 is 0 Å². The van der Waals surface area contributed by atoms with E-state index >= 15 is 0 Å². The van der Waals surface area contributed by atoms with Crippen LogP contribution < -0.4 is 0 Å². The Morgan fingerprint density at radius 2 is 1.44 bits per heavy atom. The first kappa shape index (κ1) is 5.89. The molecule has 3 heteroatoms. The standard InChI is InChI=1S/C6H4S3/c7-5-3-1-2-4(9-3)6(5)8/h1-2,7-8H. The van der Waals surface area contributed by atoms with E-state index in [1.165, 1.54) is 9.40 Å². The zero-order chi connectivity index (χ0) is 6.43. The van der Waals surface area contributed by atoms with Crippen LogP contribution in [0.3, 0.4) is 0 Å². The average Bonchev–Trinajstić information content (AvgIpc) is 2.37. The molecular formula is C6H4S3. The Morgan fingerprint density at radius 3 is 1.67 bits per heavy atom. The van der Waals surface area contributed by atoms with Gasteiger partial charge in [0.15, 0.2) is 0 Å². The van der Waals surface area contributed by atoms with Gasteiger partial charge >= 0.3 is 0 Å². The summed E-state index contributed by atoms with van der Waals surface area (Å²) in [5.41, 5.74) is 0. The number of hydrogen-bond acceptors (Lipinski definition) is 3. The smallest absolute Gasteiger partial charge is 0.0422 e. The summed E-state index contributed by atoms with van der Waals surface area (Å²) in [6, 6.07) is 4.14. The number of hydrogen-bond donors (Lipinski definition) is 2. The molecule has 0 amide bonds. The molecule has 0 spiro atoms. The Kier molecular flexibility index (Phi) is 1.18. The van der Waals surface area contributed by atoms with Gasteiger partial charge in [0.1, 0.15) is 0 Å². The third-order valence-corrected chi connectivity index (χ3v) is 3.83. The summed E-state index contributed by atoms with van der Waals surface area (Å²) in [6.07, 6.45) is 0. The topological polar surface area (TPSA) is 0 Å². The van der Waals surface area contributed by atoms with E-state index in [1.807, 2.05) is 0 Å². The van der Waals surface area contributed by atoms with Crippen LogP contribution in [0, 0.1) is 0 Å². The summed E-state index contributed by atoms with van der Waals surface area (Å²) in [5.74, 6) is 0. The Balaban J connectivity index is 2.99. The lowest BCUT2D eigenvalue weighted by molar-refractivity contribution is 1.41. The van der Waals surface area contributed by atoms with E-state index < -0.39 is 0 Å². The Hall–Kier alpha value is 0.140. The van der Waals surface area contributed by atoms with Gasteiger partial charge < -0.3 is 0 Å². The fourth-order valence-corrected chi connectivity index (χ4v) is 2.55. The molecule has 0 atom stereocenters. The van der Waals surface area contributed by atoms with E-state index in [4.69, 9.17) is 0 Å². The van der Waals surface area contributed by atoms with Crippen LogP contribution in [0.2, 0.25) is 0 Å². The Bertz CT molecular complexity index is 292. The molecule has 0 aromatic carbocycles. The van der Waals surface area contributed by atoms with Gasteiger partial charge in [0.25, 0.3) is 0 Å². The second kappa shape index (κ2) is 1.81. The lowest BCUT2D eigenvalue weighted by Gasteiger charge is -1.88. The molecule has 0 saturated heterocycles. The van der Waals surface area contributed by atoms with Crippen molar-refractivity contribution in [2.45, 2.75) is 9.79 Å². The van der Waals surface area contributed by atoms with Crippen LogP contribution in [0.15, 0.2) is 21.9 Å².